The molecule has 3 nitrogen and oxygen atoms in total. The molecule has 0 amide bonds. The highest BCUT2D eigenvalue weighted by Crippen LogP contribution is 2.28. The van der Waals surface area contributed by atoms with Crippen molar-refractivity contribution in [2.75, 3.05) is 5.32 Å². The smallest absolute Gasteiger partial charge is 0.223 e. The summed E-state index contributed by atoms with van der Waals surface area (Å²) in [6.45, 7) is 2.05. The summed E-state index contributed by atoms with van der Waals surface area (Å²) in [6.07, 6.45) is 4.38. The summed E-state index contributed by atoms with van der Waals surface area (Å²) in [5.74, 6) is 0.761. The highest BCUT2D eigenvalue weighted by molar-refractivity contribution is 7.13. The third-order valence-corrected chi connectivity index (χ3v) is 3.51. The van der Waals surface area contributed by atoms with Crippen LogP contribution in [-0.2, 0) is 0 Å². The van der Waals surface area contributed by atoms with Gasteiger partial charge in [-0.25, -0.2) is 9.97 Å². The van der Waals surface area contributed by atoms with Gasteiger partial charge in [-0.2, -0.15) is 0 Å². The van der Waals surface area contributed by atoms with Crippen LogP contribution in [0.2, 0.25) is 0 Å². The van der Waals surface area contributed by atoms with Gasteiger partial charge in [0.05, 0.1) is 10.6 Å². The topological polar surface area (TPSA) is 37.8 Å². The van der Waals surface area contributed by atoms with Crippen LogP contribution >= 0.6 is 11.3 Å². The first kappa shape index (κ1) is 9.78. The van der Waals surface area contributed by atoms with E-state index in [2.05, 4.69) is 39.7 Å². The fourth-order valence-electron chi connectivity index (χ4n) is 1.58. The van der Waals surface area contributed by atoms with Gasteiger partial charge in [0.1, 0.15) is 0 Å². The molecule has 0 saturated heterocycles. The van der Waals surface area contributed by atoms with E-state index in [-0.39, 0.29) is 0 Å². The monoisotopic (exact) mass is 231 g/mol. The maximum atomic E-state index is 4.58. The molecular weight excluding hydrogens is 218 g/mol. The molecule has 1 aliphatic rings. The van der Waals surface area contributed by atoms with E-state index >= 15 is 0 Å². The lowest BCUT2D eigenvalue weighted by molar-refractivity contribution is 1.05. The Kier molecular flexibility index (Phi) is 2.36. The Bertz CT molecular complexity index is 489. The molecule has 0 unspecified atom stereocenters. The minimum absolute atomic E-state index is 0.596. The summed E-state index contributed by atoms with van der Waals surface area (Å²) in [6, 6.07) is 4.75. The number of hydrogen-bond donors (Lipinski definition) is 1. The molecule has 1 saturated carbocycles. The molecule has 1 fully saturated rings. The third-order valence-electron chi connectivity index (χ3n) is 2.64. The van der Waals surface area contributed by atoms with Gasteiger partial charge in [-0.05, 0) is 36.8 Å². The lowest BCUT2D eigenvalue weighted by atomic mass is 10.2. The fourth-order valence-corrected chi connectivity index (χ4v) is 2.36. The summed E-state index contributed by atoms with van der Waals surface area (Å²) in [5, 5.41) is 5.40. The number of hydrogen-bond acceptors (Lipinski definition) is 4. The van der Waals surface area contributed by atoms with Crippen LogP contribution in [0.4, 0.5) is 5.95 Å². The second kappa shape index (κ2) is 3.87. The average Bonchev–Trinajstić information content (AvgIpc) is 2.94. The average molecular weight is 231 g/mol. The normalized spacial score (nSPS) is 15.1. The van der Waals surface area contributed by atoms with Crippen molar-refractivity contribution in [3.05, 3.63) is 29.3 Å². The maximum Gasteiger partial charge on any atom is 0.223 e. The summed E-state index contributed by atoms with van der Waals surface area (Å²) in [4.78, 5) is 10.1. The molecular formula is C12H13N3S. The predicted molar refractivity (Wildman–Crippen MR) is 66.7 cm³/mol. The van der Waals surface area contributed by atoms with E-state index in [0.29, 0.717) is 6.04 Å². The lowest BCUT2D eigenvalue weighted by Gasteiger charge is -2.06. The Balaban J connectivity index is 1.95. The number of aromatic nitrogens is 2. The first-order chi connectivity index (χ1) is 7.83. The van der Waals surface area contributed by atoms with E-state index in [1.807, 2.05) is 6.20 Å². The highest BCUT2D eigenvalue weighted by Gasteiger charge is 2.22. The van der Waals surface area contributed by atoms with Crippen molar-refractivity contribution in [3.8, 4) is 10.6 Å². The van der Waals surface area contributed by atoms with Crippen molar-refractivity contribution in [1.29, 1.82) is 0 Å². The molecule has 82 valence electrons. The van der Waals surface area contributed by atoms with Gasteiger partial charge < -0.3 is 5.32 Å². The van der Waals surface area contributed by atoms with Crippen LogP contribution in [0.1, 0.15) is 18.4 Å². The summed E-state index contributed by atoms with van der Waals surface area (Å²) < 4.78 is 0. The van der Waals surface area contributed by atoms with E-state index in [9.17, 15) is 0 Å². The molecule has 2 heterocycles. The number of rotatable bonds is 3. The first-order valence-corrected chi connectivity index (χ1v) is 6.35. The zero-order valence-corrected chi connectivity index (χ0v) is 9.92. The molecule has 4 heteroatoms. The van der Waals surface area contributed by atoms with Crippen molar-refractivity contribution in [3.63, 3.8) is 0 Å². The molecule has 16 heavy (non-hydrogen) atoms. The molecule has 1 N–H and O–H groups in total. The number of nitrogens with zero attached hydrogens (tertiary/aromatic N) is 2. The zero-order valence-electron chi connectivity index (χ0n) is 9.10. The minimum Gasteiger partial charge on any atom is -0.351 e. The van der Waals surface area contributed by atoms with E-state index in [4.69, 9.17) is 0 Å². The molecule has 0 bridgehead atoms. The van der Waals surface area contributed by atoms with Crippen LogP contribution in [-0.4, -0.2) is 16.0 Å². The molecule has 2 aromatic rings. The lowest BCUT2D eigenvalue weighted by Crippen LogP contribution is -2.06. The molecule has 2 aromatic heterocycles. The Morgan fingerprint density at radius 2 is 2.31 bits per heavy atom. The van der Waals surface area contributed by atoms with Crippen LogP contribution in [0.5, 0.6) is 0 Å². The number of thiophene rings is 1. The van der Waals surface area contributed by atoms with Gasteiger partial charge in [-0.1, -0.05) is 6.07 Å². The molecule has 0 aromatic carbocycles. The van der Waals surface area contributed by atoms with E-state index in [1.54, 1.807) is 11.3 Å². The fraction of sp³-hybridized carbons (Fsp3) is 0.333. The van der Waals surface area contributed by atoms with Gasteiger partial charge in [-0.15, -0.1) is 11.3 Å². The van der Waals surface area contributed by atoms with Crippen LogP contribution in [0.3, 0.4) is 0 Å². The first-order valence-electron chi connectivity index (χ1n) is 5.47. The van der Waals surface area contributed by atoms with Gasteiger partial charge in [-0.3, -0.25) is 0 Å². The highest BCUT2D eigenvalue weighted by atomic mass is 32.1. The summed E-state index contributed by atoms with van der Waals surface area (Å²) in [5.41, 5.74) is 2.18. The zero-order chi connectivity index (χ0) is 11.0. The van der Waals surface area contributed by atoms with Crippen LogP contribution < -0.4 is 5.32 Å². The molecule has 0 spiro atoms. The van der Waals surface area contributed by atoms with Gasteiger partial charge in [0, 0.05) is 12.2 Å². The standard InChI is InChI=1S/C12H13N3S/c1-8-7-13-12(14-9-4-5-9)15-11(8)10-3-2-6-16-10/h2-3,6-7,9H,4-5H2,1H3,(H,13,14,15). The molecule has 1 aliphatic carbocycles. The van der Waals surface area contributed by atoms with E-state index < -0.39 is 0 Å². The van der Waals surface area contributed by atoms with Crippen molar-refractivity contribution < 1.29 is 0 Å². The van der Waals surface area contributed by atoms with Crippen molar-refractivity contribution in [2.45, 2.75) is 25.8 Å². The number of aryl methyl sites for hydroxylation is 1. The minimum atomic E-state index is 0.596. The second-order valence-corrected chi connectivity index (χ2v) is 5.07. The number of anilines is 1. The Labute approximate surface area is 98.6 Å². The maximum absolute atomic E-state index is 4.58. The molecule has 0 aliphatic heterocycles. The quantitative estimate of drug-likeness (QED) is 0.882. The molecule has 0 radical (unpaired) electrons. The third kappa shape index (κ3) is 1.93. The van der Waals surface area contributed by atoms with Crippen LogP contribution in [0.25, 0.3) is 10.6 Å². The van der Waals surface area contributed by atoms with Gasteiger partial charge in [0.2, 0.25) is 5.95 Å². The van der Waals surface area contributed by atoms with Crippen LogP contribution in [0.15, 0.2) is 23.7 Å². The molecule has 3 rings (SSSR count). The Morgan fingerprint density at radius 1 is 1.44 bits per heavy atom. The summed E-state index contributed by atoms with van der Waals surface area (Å²) in [7, 11) is 0. The van der Waals surface area contributed by atoms with Gasteiger partial charge in [0.25, 0.3) is 0 Å². The SMILES string of the molecule is Cc1cnc(NC2CC2)nc1-c1cccs1. The molecule has 0 atom stereocenters. The van der Waals surface area contributed by atoms with Gasteiger partial charge >= 0.3 is 0 Å². The van der Waals surface area contributed by atoms with E-state index in [0.717, 1.165) is 17.2 Å². The number of nitrogens with one attached hydrogen (secondary N) is 1. The van der Waals surface area contributed by atoms with Gasteiger partial charge in [0.15, 0.2) is 0 Å². The van der Waals surface area contributed by atoms with Crippen LogP contribution in [0, 0.1) is 6.92 Å². The largest absolute Gasteiger partial charge is 0.351 e. The van der Waals surface area contributed by atoms with E-state index in [1.165, 1.54) is 17.7 Å². The van der Waals surface area contributed by atoms with Crippen molar-refractivity contribution in [2.24, 2.45) is 0 Å². The van der Waals surface area contributed by atoms with Crippen molar-refractivity contribution in [1.82, 2.24) is 9.97 Å². The Hall–Kier alpha value is -1.42. The Morgan fingerprint density at radius 3 is 3.00 bits per heavy atom. The second-order valence-electron chi connectivity index (χ2n) is 4.12. The van der Waals surface area contributed by atoms with Crippen molar-refractivity contribution >= 4 is 17.3 Å². The summed E-state index contributed by atoms with van der Waals surface area (Å²) >= 11 is 1.72. The predicted octanol–water partition coefficient (Wildman–Crippen LogP) is 3.09.